The maximum Gasteiger partial charge on any atom is 0.232 e. The highest BCUT2D eigenvalue weighted by Crippen LogP contribution is 2.23. The van der Waals surface area contributed by atoms with Gasteiger partial charge in [0.1, 0.15) is 5.82 Å². The van der Waals surface area contributed by atoms with Crippen molar-refractivity contribution in [3.8, 4) is 0 Å². The summed E-state index contributed by atoms with van der Waals surface area (Å²) in [6.07, 6.45) is 0.721. The molecule has 1 aromatic carbocycles. The lowest BCUT2D eigenvalue weighted by Crippen LogP contribution is -2.40. The number of benzene rings is 1. The van der Waals surface area contributed by atoms with Gasteiger partial charge in [0.2, 0.25) is 5.91 Å². The summed E-state index contributed by atoms with van der Waals surface area (Å²) in [5.74, 6) is -0.289. The van der Waals surface area contributed by atoms with E-state index in [2.05, 4.69) is 0 Å². The Kier molecular flexibility index (Phi) is 4.84. The molecule has 0 fully saturated rings. The Morgan fingerprint density at radius 1 is 1.28 bits per heavy atom. The minimum Gasteiger partial charge on any atom is -0.330 e. The van der Waals surface area contributed by atoms with Gasteiger partial charge in [-0.25, -0.2) is 4.39 Å². The molecule has 0 spiro atoms. The van der Waals surface area contributed by atoms with Crippen LogP contribution in [0.5, 0.6) is 0 Å². The van der Waals surface area contributed by atoms with Crippen LogP contribution in [0.3, 0.4) is 0 Å². The Hall–Kier alpha value is -1.42. The number of carbonyl (C=O) groups excluding carboxylic acids is 1. The first-order valence-corrected chi connectivity index (χ1v) is 6.14. The highest BCUT2D eigenvalue weighted by molar-refractivity contribution is 5.96. The number of anilines is 1. The number of amides is 1. The van der Waals surface area contributed by atoms with Crippen molar-refractivity contribution < 1.29 is 9.18 Å². The molecule has 1 aromatic rings. The molecule has 0 aliphatic heterocycles. The highest BCUT2D eigenvalue weighted by atomic mass is 19.1. The first kappa shape index (κ1) is 14.6. The van der Waals surface area contributed by atoms with E-state index >= 15 is 0 Å². The molecule has 0 saturated heterocycles. The second-order valence-electron chi connectivity index (χ2n) is 5.33. The molecular formula is C14H21FN2O. The van der Waals surface area contributed by atoms with Gasteiger partial charge < -0.3 is 10.6 Å². The predicted octanol–water partition coefficient (Wildman–Crippen LogP) is 2.55. The molecule has 2 N–H and O–H groups in total. The summed E-state index contributed by atoms with van der Waals surface area (Å²) in [6, 6.07) is 5.96. The Labute approximate surface area is 108 Å². The zero-order valence-corrected chi connectivity index (χ0v) is 11.2. The lowest BCUT2D eigenvalue weighted by atomic mass is 9.94. The molecule has 1 amide bonds. The minimum absolute atomic E-state index is 0.0163. The molecule has 3 nitrogen and oxygen atoms in total. The Morgan fingerprint density at radius 3 is 2.28 bits per heavy atom. The molecule has 0 bridgehead atoms. The van der Waals surface area contributed by atoms with E-state index in [0.29, 0.717) is 18.8 Å². The molecule has 4 heteroatoms. The molecule has 0 radical (unpaired) electrons. The molecular weight excluding hydrogens is 231 g/mol. The molecule has 0 aromatic heterocycles. The first-order valence-electron chi connectivity index (χ1n) is 6.14. The number of hydrogen-bond donors (Lipinski definition) is 1. The van der Waals surface area contributed by atoms with Crippen molar-refractivity contribution in [3.05, 3.63) is 30.1 Å². The average molecular weight is 252 g/mol. The molecule has 1 rings (SSSR count). The molecule has 0 heterocycles. The first-order chi connectivity index (χ1) is 8.36. The van der Waals surface area contributed by atoms with E-state index in [4.69, 9.17) is 5.73 Å². The van der Waals surface area contributed by atoms with Gasteiger partial charge in [-0.2, -0.15) is 0 Å². The number of nitrogens with two attached hydrogens (primary N) is 1. The lowest BCUT2D eigenvalue weighted by Gasteiger charge is -2.29. The van der Waals surface area contributed by atoms with Gasteiger partial charge in [-0.1, -0.05) is 20.8 Å². The third-order valence-corrected chi connectivity index (χ3v) is 2.61. The van der Waals surface area contributed by atoms with Crippen LogP contribution < -0.4 is 10.6 Å². The van der Waals surface area contributed by atoms with Crippen LogP contribution in [0.15, 0.2) is 24.3 Å². The van der Waals surface area contributed by atoms with Crippen molar-refractivity contribution in [1.82, 2.24) is 0 Å². The number of hydrogen-bond acceptors (Lipinski definition) is 2. The van der Waals surface area contributed by atoms with E-state index < -0.39 is 5.41 Å². The fourth-order valence-electron chi connectivity index (χ4n) is 1.62. The zero-order valence-electron chi connectivity index (χ0n) is 11.2. The highest BCUT2D eigenvalue weighted by Gasteiger charge is 2.27. The van der Waals surface area contributed by atoms with Crippen LogP contribution >= 0.6 is 0 Å². The molecule has 0 aliphatic carbocycles. The maximum atomic E-state index is 12.9. The number of nitrogens with zero attached hydrogens (tertiary/aromatic N) is 1. The third kappa shape index (κ3) is 3.81. The molecule has 0 atom stereocenters. The second kappa shape index (κ2) is 5.96. The summed E-state index contributed by atoms with van der Waals surface area (Å²) in [7, 11) is 0. The number of carbonyl (C=O) groups is 1. The summed E-state index contributed by atoms with van der Waals surface area (Å²) in [5, 5.41) is 0. The van der Waals surface area contributed by atoms with Crippen LogP contribution in [0, 0.1) is 11.2 Å². The predicted molar refractivity (Wildman–Crippen MR) is 71.9 cm³/mol. The van der Waals surface area contributed by atoms with Gasteiger partial charge in [0.05, 0.1) is 0 Å². The fraction of sp³-hybridized carbons (Fsp3) is 0.500. The quantitative estimate of drug-likeness (QED) is 0.895. The minimum atomic E-state index is -0.469. The van der Waals surface area contributed by atoms with Crippen molar-refractivity contribution in [3.63, 3.8) is 0 Å². The zero-order chi connectivity index (χ0) is 13.8. The molecule has 18 heavy (non-hydrogen) atoms. The van der Waals surface area contributed by atoms with Crippen molar-refractivity contribution in [1.29, 1.82) is 0 Å². The topological polar surface area (TPSA) is 46.3 Å². The molecule has 100 valence electrons. The smallest absolute Gasteiger partial charge is 0.232 e. The maximum absolute atomic E-state index is 12.9. The summed E-state index contributed by atoms with van der Waals surface area (Å²) < 4.78 is 12.9. The molecule has 0 aliphatic rings. The monoisotopic (exact) mass is 252 g/mol. The van der Waals surface area contributed by atoms with Gasteiger partial charge in [0, 0.05) is 17.6 Å². The van der Waals surface area contributed by atoms with Gasteiger partial charge in [0.25, 0.3) is 0 Å². The van der Waals surface area contributed by atoms with Gasteiger partial charge >= 0.3 is 0 Å². The summed E-state index contributed by atoms with van der Waals surface area (Å²) in [4.78, 5) is 14.0. The van der Waals surface area contributed by atoms with Gasteiger partial charge in [-0.05, 0) is 37.2 Å². The third-order valence-electron chi connectivity index (χ3n) is 2.61. The van der Waals surface area contributed by atoms with Gasteiger partial charge in [-0.3, -0.25) is 4.79 Å². The standard InChI is InChI=1S/C14H21FN2O/c1-14(2,3)13(18)17(10-4-9-16)12-7-5-11(15)6-8-12/h5-8H,4,9-10,16H2,1-3H3. The molecule has 0 saturated carbocycles. The fourth-order valence-corrected chi connectivity index (χ4v) is 1.62. The van der Waals surface area contributed by atoms with E-state index in [9.17, 15) is 9.18 Å². The van der Waals surface area contributed by atoms with E-state index in [1.807, 2.05) is 20.8 Å². The van der Waals surface area contributed by atoms with Crippen LogP contribution in [0.25, 0.3) is 0 Å². The van der Waals surface area contributed by atoms with Crippen molar-refractivity contribution in [2.45, 2.75) is 27.2 Å². The van der Waals surface area contributed by atoms with E-state index in [1.165, 1.54) is 12.1 Å². The molecule has 0 unspecified atom stereocenters. The Balaban J connectivity index is 2.98. The van der Waals surface area contributed by atoms with E-state index in [0.717, 1.165) is 6.42 Å². The summed E-state index contributed by atoms with van der Waals surface area (Å²) in [5.41, 5.74) is 5.73. The largest absolute Gasteiger partial charge is 0.330 e. The number of halogens is 1. The van der Waals surface area contributed by atoms with Crippen LogP contribution in [0.4, 0.5) is 10.1 Å². The summed E-state index contributed by atoms with van der Waals surface area (Å²) >= 11 is 0. The van der Waals surface area contributed by atoms with E-state index in [1.54, 1.807) is 17.0 Å². The van der Waals surface area contributed by atoms with Gasteiger partial charge in [0.15, 0.2) is 0 Å². The second-order valence-corrected chi connectivity index (χ2v) is 5.33. The van der Waals surface area contributed by atoms with Crippen molar-refractivity contribution in [2.24, 2.45) is 11.1 Å². The average Bonchev–Trinajstić information content (AvgIpc) is 2.30. The van der Waals surface area contributed by atoms with Crippen molar-refractivity contribution in [2.75, 3.05) is 18.0 Å². The lowest BCUT2D eigenvalue weighted by molar-refractivity contribution is -0.125. The van der Waals surface area contributed by atoms with Crippen LogP contribution in [0.1, 0.15) is 27.2 Å². The van der Waals surface area contributed by atoms with Crippen molar-refractivity contribution >= 4 is 11.6 Å². The van der Waals surface area contributed by atoms with Crippen LogP contribution in [0.2, 0.25) is 0 Å². The normalized spacial score (nSPS) is 11.4. The van der Waals surface area contributed by atoms with Crippen LogP contribution in [-0.2, 0) is 4.79 Å². The van der Waals surface area contributed by atoms with Gasteiger partial charge in [-0.15, -0.1) is 0 Å². The Bertz CT molecular complexity index is 395. The number of rotatable bonds is 4. The van der Waals surface area contributed by atoms with Crippen LogP contribution in [-0.4, -0.2) is 19.0 Å². The SMILES string of the molecule is CC(C)(C)C(=O)N(CCCN)c1ccc(F)cc1. The van der Waals surface area contributed by atoms with E-state index in [-0.39, 0.29) is 11.7 Å². The Morgan fingerprint density at radius 2 is 1.83 bits per heavy atom. The summed E-state index contributed by atoms with van der Waals surface area (Å²) in [6.45, 7) is 6.68.